The van der Waals surface area contributed by atoms with Gasteiger partial charge in [0.1, 0.15) is 23.7 Å². The predicted octanol–water partition coefficient (Wildman–Crippen LogP) is 4.29. The molecule has 2 aromatic rings. The van der Waals surface area contributed by atoms with E-state index in [0.717, 1.165) is 5.56 Å². The van der Waals surface area contributed by atoms with Crippen LogP contribution in [-0.4, -0.2) is 77.2 Å². The summed E-state index contributed by atoms with van der Waals surface area (Å²) in [7, 11) is 0. The second kappa shape index (κ2) is 13.9. The van der Waals surface area contributed by atoms with E-state index < -0.39 is 59.5 Å². The van der Waals surface area contributed by atoms with Crippen molar-refractivity contribution in [3.8, 4) is 0 Å². The SMILES string of the molecule is CC[C@H](C)[C@H](CO)N1C(=O)[C@@H]2[C@H]3C(=O)O[C@@H](c4ccccc4)CNC(=O)CC/C=C\CN(c4c(C)cccc4Cl)C(=O)[C@@H]1[C@]21C=C[C@H]3O1. The summed E-state index contributed by atoms with van der Waals surface area (Å²) in [5, 5.41) is 14.0. The predicted molar refractivity (Wildman–Crippen MR) is 180 cm³/mol. The Balaban J connectivity index is 1.49. The maximum Gasteiger partial charge on any atom is 0.313 e. The number of likely N-dealkylation sites (tertiary alicyclic amines) is 1. The summed E-state index contributed by atoms with van der Waals surface area (Å²) in [6.45, 7) is 5.51. The fourth-order valence-corrected chi connectivity index (χ4v) is 7.98. The minimum atomic E-state index is -1.48. The van der Waals surface area contributed by atoms with Gasteiger partial charge < -0.3 is 29.7 Å². The fourth-order valence-electron chi connectivity index (χ4n) is 7.65. The van der Waals surface area contributed by atoms with Crippen LogP contribution < -0.4 is 10.2 Å². The number of hydrogen-bond acceptors (Lipinski definition) is 7. The van der Waals surface area contributed by atoms with Crippen molar-refractivity contribution in [1.29, 1.82) is 0 Å². The second-order valence-corrected chi connectivity index (χ2v) is 13.5. The molecular weight excluding hydrogens is 634 g/mol. The molecule has 4 aliphatic heterocycles. The molecule has 11 heteroatoms. The van der Waals surface area contributed by atoms with E-state index in [0.29, 0.717) is 29.1 Å². The molecule has 0 radical (unpaired) electrons. The molecule has 2 fully saturated rings. The number of carbonyl (C=O) groups is 4. The van der Waals surface area contributed by atoms with Crippen LogP contribution in [0.1, 0.15) is 50.3 Å². The van der Waals surface area contributed by atoms with Gasteiger partial charge in [0.15, 0.2) is 0 Å². The lowest BCUT2D eigenvalue weighted by Gasteiger charge is -2.40. The van der Waals surface area contributed by atoms with E-state index in [-0.39, 0.29) is 37.9 Å². The Bertz CT molecular complexity index is 1610. The monoisotopic (exact) mass is 675 g/mol. The number of rotatable bonds is 6. The van der Waals surface area contributed by atoms with Gasteiger partial charge in [-0.2, -0.15) is 0 Å². The van der Waals surface area contributed by atoms with Crippen LogP contribution in [0.15, 0.2) is 72.8 Å². The molecule has 10 nitrogen and oxygen atoms in total. The second-order valence-electron chi connectivity index (χ2n) is 13.1. The molecule has 8 atom stereocenters. The highest BCUT2D eigenvalue weighted by molar-refractivity contribution is 6.34. The molecule has 0 aliphatic carbocycles. The van der Waals surface area contributed by atoms with Gasteiger partial charge >= 0.3 is 5.97 Å². The van der Waals surface area contributed by atoms with Crippen molar-refractivity contribution in [3.63, 3.8) is 0 Å². The zero-order valence-electron chi connectivity index (χ0n) is 27.4. The summed E-state index contributed by atoms with van der Waals surface area (Å²) in [4.78, 5) is 59.9. The lowest BCUT2D eigenvalue weighted by atomic mass is 9.74. The number of ether oxygens (including phenoxy) is 2. The van der Waals surface area contributed by atoms with Gasteiger partial charge in [-0.25, -0.2) is 0 Å². The van der Waals surface area contributed by atoms with Crippen LogP contribution in [0.5, 0.6) is 0 Å². The number of cyclic esters (lactones) is 1. The van der Waals surface area contributed by atoms with Gasteiger partial charge in [-0.05, 0) is 36.5 Å². The number of anilines is 1. The molecule has 5 bridgehead atoms. The first-order valence-corrected chi connectivity index (χ1v) is 17.0. The standard InChI is InChI=1S/C37H42ClN3O7/c1-4-22(2)26(21-42)41-33-35(45)40(32-23(3)12-11-15-25(32)38)19-10-6-9-16-29(43)39-20-28(24-13-7-5-8-14-24)47-36(46)30-27-17-18-37(33,48-27)31(30)34(41)44/h5-8,10-15,17-18,22,26-28,30-31,33,42H,4,9,16,19-21H2,1-3H3,(H,39,43)/b10-6-/t22-,26-,27+,28+,30-,31-,33+,37-/m0/s1. The highest BCUT2D eigenvalue weighted by Gasteiger charge is 2.74. The van der Waals surface area contributed by atoms with Gasteiger partial charge in [0.25, 0.3) is 5.91 Å². The number of aliphatic hydroxyl groups excluding tert-OH is 1. The lowest BCUT2D eigenvalue weighted by molar-refractivity contribution is -0.160. The maximum absolute atomic E-state index is 15.1. The number of carbonyl (C=O) groups excluding carboxylic acids is 4. The minimum absolute atomic E-state index is 0.0452. The van der Waals surface area contributed by atoms with Crippen molar-refractivity contribution < 1.29 is 33.8 Å². The van der Waals surface area contributed by atoms with Gasteiger partial charge in [-0.15, -0.1) is 0 Å². The molecule has 6 rings (SSSR count). The van der Waals surface area contributed by atoms with E-state index >= 15 is 4.79 Å². The normalized spacial score (nSPS) is 31.0. The Morgan fingerprint density at radius 3 is 2.54 bits per heavy atom. The highest BCUT2D eigenvalue weighted by atomic mass is 35.5. The maximum atomic E-state index is 15.1. The number of esters is 1. The topological polar surface area (TPSA) is 125 Å². The lowest BCUT2D eigenvalue weighted by Crippen LogP contribution is -2.59. The first-order valence-electron chi connectivity index (χ1n) is 16.7. The van der Waals surface area contributed by atoms with Crippen molar-refractivity contribution >= 4 is 41.0 Å². The van der Waals surface area contributed by atoms with E-state index in [4.69, 9.17) is 21.1 Å². The van der Waals surface area contributed by atoms with E-state index in [1.165, 1.54) is 4.90 Å². The molecule has 2 saturated heterocycles. The summed E-state index contributed by atoms with van der Waals surface area (Å²) in [6.07, 6.45) is 6.73. The number of amides is 3. The van der Waals surface area contributed by atoms with Crippen LogP contribution in [0.25, 0.3) is 0 Å². The molecule has 1 spiro atoms. The molecule has 2 aromatic carbocycles. The van der Waals surface area contributed by atoms with Gasteiger partial charge in [-0.1, -0.05) is 98.6 Å². The number of hydrogen-bond donors (Lipinski definition) is 2. The van der Waals surface area contributed by atoms with E-state index in [9.17, 15) is 19.5 Å². The Kier molecular flexibility index (Phi) is 9.79. The molecule has 254 valence electrons. The van der Waals surface area contributed by atoms with Gasteiger partial charge in [-0.3, -0.25) is 19.2 Å². The van der Waals surface area contributed by atoms with Crippen molar-refractivity contribution in [3.05, 3.63) is 89.0 Å². The number of para-hydroxylation sites is 1. The molecule has 0 aromatic heterocycles. The van der Waals surface area contributed by atoms with E-state index in [1.807, 2.05) is 69.3 Å². The number of halogens is 1. The minimum Gasteiger partial charge on any atom is -0.455 e. The van der Waals surface area contributed by atoms with Crippen LogP contribution in [-0.2, 0) is 28.7 Å². The van der Waals surface area contributed by atoms with Crippen molar-refractivity contribution in [2.75, 3.05) is 24.6 Å². The largest absolute Gasteiger partial charge is 0.455 e. The molecule has 0 unspecified atom stereocenters. The zero-order valence-corrected chi connectivity index (χ0v) is 28.1. The number of nitrogens with one attached hydrogen (secondary N) is 1. The molecule has 0 saturated carbocycles. The Hall–Kier alpha value is -3.99. The molecule has 2 N–H and O–H groups in total. The highest BCUT2D eigenvalue weighted by Crippen LogP contribution is 2.57. The number of benzene rings is 2. The number of allylic oxidation sites excluding steroid dienone is 1. The zero-order chi connectivity index (χ0) is 34.2. The number of fused-ring (bicyclic) bond motifs is 2. The molecule has 4 heterocycles. The number of nitrogens with zero attached hydrogens (tertiary/aromatic N) is 2. The van der Waals surface area contributed by atoms with Gasteiger partial charge in [0.05, 0.1) is 41.9 Å². The van der Waals surface area contributed by atoms with Crippen LogP contribution in [0, 0.1) is 24.7 Å². The molecule has 48 heavy (non-hydrogen) atoms. The van der Waals surface area contributed by atoms with Crippen molar-refractivity contribution in [2.24, 2.45) is 17.8 Å². The smallest absolute Gasteiger partial charge is 0.313 e. The van der Waals surface area contributed by atoms with Gasteiger partial charge in [0.2, 0.25) is 11.8 Å². The summed E-state index contributed by atoms with van der Waals surface area (Å²) < 4.78 is 12.7. The average Bonchev–Trinajstić information content (AvgIpc) is 3.73. The molecule has 4 aliphatic rings. The van der Waals surface area contributed by atoms with Gasteiger partial charge in [0, 0.05) is 13.0 Å². The summed E-state index contributed by atoms with van der Waals surface area (Å²) in [6, 6.07) is 12.6. The molecular formula is C37H42ClN3O7. The van der Waals surface area contributed by atoms with Crippen LogP contribution in [0.3, 0.4) is 0 Å². The number of aryl methyl sites for hydroxylation is 1. The third-order valence-corrected chi connectivity index (χ3v) is 10.6. The first-order chi connectivity index (χ1) is 23.1. The fraction of sp³-hybridized carbons (Fsp3) is 0.459. The Morgan fingerprint density at radius 1 is 1.06 bits per heavy atom. The van der Waals surface area contributed by atoms with Crippen LogP contribution >= 0.6 is 11.6 Å². The Morgan fingerprint density at radius 2 is 1.83 bits per heavy atom. The first kappa shape index (κ1) is 33.9. The third-order valence-electron chi connectivity index (χ3n) is 10.3. The summed E-state index contributed by atoms with van der Waals surface area (Å²) >= 11 is 6.75. The van der Waals surface area contributed by atoms with E-state index in [2.05, 4.69) is 5.32 Å². The van der Waals surface area contributed by atoms with Crippen LogP contribution in [0.4, 0.5) is 5.69 Å². The van der Waals surface area contributed by atoms with E-state index in [1.54, 1.807) is 29.2 Å². The van der Waals surface area contributed by atoms with Crippen molar-refractivity contribution in [1.82, 2.24) is 10.2 Å². The quantitative estimate of drug-likeness (QED) is 0.346. The summed E-state index contributed by atoms with van der Waals surface area (Å²) in [5.41, 5.74) is 0.443. The van der Waals surface area contributed by atoms with Crippen molar-refractivity contribution in [2.45, 2.75) is 69.9 Å². The number of aliphatic hydroxyl groups is 1. The summed E-state index contributed by atoms with van der Waals surface area (Å²) in [5.74, 6) is -4.06. The average molecular weight is 676 g/mol. The Labute approximate surface area is 285 Å². The molecule has 3 amide bonds. The van der Waals surface area contributed by atoms with Crippen LogP contribution in [0.2, 0.25) is 5.02 Å². The third kappa shape index (κ3) is 5.84.